The number of aromatic nitrogens is 1. The van der Waals surface area contributed by atoms with Gasteiger partial charge >= 0.3 is 0 Å². The smallest absolute Gasteiger partial charge is 0.271 e. The third kappa shape index (κ3) is 4.75. The van der Waals surface area contributed by atoms with E-state index in [1.807, 2.05) is 6.07 Å². The Kier molecular flexibility index (Phi) is 5.93. The van der Waals surface area contributed by atoms with Crippen molar-refractivity contribution in [2.75, 3.05) is 0 Å². The van der Waals surface area contributed by atoms with E-state index in [9.17, 15) is 14.9 Å². The van der Waals surface area contributed by atoms with Crippen molar-refractivity contribution in [3.8, 4) is 0 Å². The fraction of sp³-hybridized carbons (Fsp3) is 0. The monoisotopic (exact) mass is 502 g/mol. The van der Waals surface area contributed by atoms with E-state index in [0.717, 1.165) is 9.17 Å². The van der Waals surface area contributed by atoms with Gasteiger partial charge in [-0.15, -0.1) is 11.3 Å². The van der Waals surface area contributed by atoms with E-state index >= 15 is 0 Å². The van der Waals surface area contributed by atoms with Crippen LogP contribution in [0.4, 0.5) is 5.69 Å². The number of furan rings is 1. The van der Waals surface area contributed by atoms with Crippen LogP contribution in [0.5, 0.6) is 0 Å². The van der Waals surface area contributed by atoms with Crippen molar-refractivity contribution in [1.82, 2.24) is 10.4 Å². The number of fused-ring (bicyclic) bond motifs is 1. The second-order valence-corrected chi connectivity index (χ2v) is 9.06. The zero-order chi connectivity index (χ0) is 21.1. The fourth-order valence-corrected chi connectivity index (χ4v) is 4.84. The van der Waals surface area contributed by atoms with Gasteiger partial charge in [-0.25, -0.2) is 10.4 Å². The number of benzene rings is 2. The number of nitro groups is 1. The summed E-state index contributed by atoms with van der Waals surface area (Å²) in [5.74, 6) is 0.126. The highest BCUT2D eigenvalue weighted by molar-refractivity contribution is 9.10. The van der Waals surface area contributed by atoms with Crippen molar-refractivity contribution in [3.05, 3.63) is 80.5 Å². The zero-order valence-corrected chi connectivity index (χ0v) is 18.2. The number of non-ortho nitro benzene ring substituents is 1. The van der Waals surface area contributed by atoms with E-state index in [4.69, 9.17) is 4.42 Å². The van der Waals surface area contributed by atoms with Gasteiger partial charge in [0.05, 0.1) is 21.4 Å². The maximum absolute atomic E-state index is 12.1. The summed E-state index contributed by atoms with van der Waals surface area (Å²) in [7, 11) is 0. The summed E-state index contributed by atoms with van der Waals surface area (Å²) in [6, 6.07) is 15.0. The molecule has 0 unspecified atom stereocenters. The lowest BCUT2D eigenvalue weighted by atomic mass is 10.2. The summed E-state index contributed by atoms with van der Waals surface area (Å²) in [5, 5.41) is 15.4. The van der Waals surface area contributed by atoms with Gasteiger partial charge in [-0.05, 0) is 48.2 Å². The van der Waals surface area contributed by atoms with Gasteiger partial charge in [-0.1, -0.05) is 22.0 Å². The average molecular weight is 503 g/mol. The molecule has 0 bridgehead atoms. The quantitative estimate of drug-likeness (QED) is 0.212. The van der Waals surface area contributed by atoms with Crippen LogP contribution < -0.4 is 5.43 Å². The number of thiazole rings is 1. The number of nitrogens with zero attached hydrogens (tertiary/aromatic N) is 3. The molecule has 0 saturated carbocycles. The Morgan fingerprint density at radius 3 is 2.93 bits per heavy atom. The standard InChI is InChI=1S/C19H11BrN4O4S2/c20-12-3-1-2-11(8-12)18(25)23-21-10-14-5-7-17(28-14)30-19-22-15-6-4-13(24(26)27)9-16(15)29-19/h1-10H,(H,23,25)/b21-10+. The van der Waals surface area contributed by atoms with Crippen LogP contribution in [0.2, 0.25) is 0 Å². The Morgan fingerprint density at radius 1 is 1.27 bits per heavy atom. The molecule has 4 rings (SSSR count). The van der Waals surface area contributed by atoms with Crippen LogP contribution in [-0.2, 0) is 0 Å². The molecule has 0 aliphatic carbocycles. The van der Waals surface area contributed by atoms with Crippen LogP contribution in [0.15, 0.2) is 78.0 Å². The van der Waals surface area contributed by atoms with Gasteiger partial charge in [0.25, 0.3) is 11.6 Å². The van der Waals surface area contributed by atoms with Crippen molar-refractivity contribution in [2.24, 2.45) is 5.10 Å². The molecule has 0 saturated heterocycles. The lowest BCUT2D eigenvalue weighted by Gasteiger charge is -1.99. The Labute approximate surface area is 186 Å². The highest BCUT2D eigenvalue weighted by Gasteiger charge is 2.12. The number of hydrogen-bond acceptors (Lipinski definition) is 8. The van der Waals surface area contributed by atoms with Crippen molar-refractivity contribution in [2.45, 2.75) is 9.43 Å². The molecule has 0 atom stereocenters. The molecule has 0 spiro atoms. The maximum Gasteiger partial charge on any atom is 0.271 e. The minimum Gasteiger partial charge on any atom is -0.448 e. The number of carbonyl (C=O) groups is 1. The minimum atomic E-state index is -0.431. The van der Waals surface area contributed by atoms with Gasteiger partial charge in [-0.3, -0.25) is 14.9 Å². The number of carbonyl (C=O) groups excluding carboxylic acids is 1. The van der Waals surface area contributed by atoms with Gasteiger partial charge in [-0.2, -0.15) is 5.10 Å². The predicted octanol–water partition coefficient (Wildman–Crippen LogP) is 5.48. The van der Waals surface area contributed by atoms with Crippen LogP contribution in [0.3, 0.4) is 0 Å². The Morgan fingerprint density at radius 2 is 2.13 bits per heavy atom. The minimum absolute atomic E-state index is 0.0316. The maximum atomic E-state index is 12.1. The molecular weight excluding hydrogens is 492 g/mol. The van der Waals surface area contributed by atoms with Gasteiger partial charge < -0.3 is 4.42 Å². The zero-order valence-electron chi connectivity index (χ0n) is 14.9. The normalized spacial score (nSPS) is 11.2. The summed E-state index contributed by atoms with van der Waals surface area (Å²) in [5.41, 5.74) is 3.65. The molecular formula is C19H11BrN4O4S2. The molecule has 0 radical (unpaired) electrons. The number of amides is 1. The molecule has 0 aliphatic rings. The highest BCUT2D eigenvalue weighted by Crippen LogP contribution is 2.36. The first-order valence-corrected chi connectivity index (χ1v) is 10.8. The SMILES string of the molecule is O=C(N/N=C/c1ccc(Sc2nc3ccc([N+](=O)[O-])cc3s2)o1)c1cccc(Br)c1. The highest BCUT2D eigenvalue weighted by atomic mass is 79.9. The van der Waals surface area contributed by atoms with Crippen molar-refractivity contribution >= 4 is 67.1 Å². The number of nitro benzene ring substituents is 1. The van der Waals surface area contributed by atoms with E-state index in [0.29, 0.717) is 26.3 Å². The number of hydrogen-bond donors (Lipinski definition) is 1. The summed E-state index contributed by atoms with van der Waals surface area (Å²) in [4.78, 5) is 27.0. The number of halogens is 1. The molecule has 11 heteroatoms. The van der Waals surface area contributed by atoms with Crippen LogP contribution >= 0.6 is 39.0 Å². The number of rotatable bonds is 6. The first kappa shape index (κ1) is 20.3. The second kappa shape index (κ2) is 8.78. The molecule has 8 nitrogen and oxygen atoms in total. The van der Waals surface area contributed by atoms with E-state index in [2.05, 4.69) is 31.4 Å². The molecule has 1 amide bonds. The molecule has 2 heterocycles. The van der Waals surface area contributed by atoms with Crippen molar-refractivity contribution in [3.63, 3.8) is 0 Å². The predicted molar refractivity (Wildman–Crippen MR) is 118 cm³/mol. The Bertz CT molecular complexity index is 1280. The summed E-state index contributed by atoms with van der Waals surface area (Å²) in [6.07, 6.45) is 1.40. The van der Waals surface area contributed by atoms with Gasteiger partial charge in [0.15, 0.2) is 9.43 Å². The Balaban J connectivity index is 1.40. The molecule has 0 fully saturated rings. The van der Waals surface area contributed by atoms with Gasteiger partial charge in [0, 0.05) is 22.2 Å². The van der Waals surface area contributed by atoms with Gasteiger partial charge in [0.2, 0.25) is 0 Å². The third-order valence-electron chi connectivity index (χ3n) is 3.80. The second-order valence-electron chi connectivity index (χ2n) is 5.86. The van der Waals surface area contributed by atoms with E-state index in [1.54, 1.807) is 36.4 Å². The Hall–Kier alpha value is -3.02. The van der Waals surface area contributed by atoms with Crippen LogP contribution in [0.25, 0.3) is 10.2 Å². The average Bonchev–Trinajstić information content (AvgIpc) is 3.33. The molecule has 150 valence electrons. The summed E-state index contributed by atoms with van der Waals surface area (Å²) >= 11 is 5.97. The third-order valence-corrected chi connectivity index (χ3v) is 6.29. The molecule has 0 aliphatic heterocycles. The largest absolute Gasteiger partial charge is 0.448 e. The summed E-state index contributed by atoms with van der Waals surface area (Å²) in [6.45, 7) is 0. The van der Waals surface area contributed by atoms with Crippen molar-refractivity contribution in [1.29, 1.82) is 0 Å². The molecule has 30 heavy (non-hydrogen) atoms. The van der Waals surface area contributed by atoms with Crippen LogP contribution in [0, 0.1) is 10.1 Å². The fourth-order valence-electron chi connectivity index (χ4n) is 2.44. The number of hydrazone groups is 1. The molecule has 2 aromatic carbocycles. The molecule has 1 N–H and O–H groups in total. The van der Waals surface area contributed by atoms with E-state index < -0.39 is 4.92 Å². The van der Waals surface area contributed by atoms with Crippen LogP contribution in [-0.4, -0.2) is 22.0 Å². The van der Waals surface area contributed by atoms with Gasteiger partial charge in [0.1, 0.15) is 5.76 Å². The topological polar surface area (TPSA) is 111 Å². The van der Waals surface area contributed by atoms with E-state index in [1.165, 1.54) is 41.4 Å². The first-order chi connectivity index (χ1) is 14.5. The number of nitrogens with one attached hydrogen (secondary N) is 1. The van der Waals surface area contributed by atoms with Crippen molar-refractivity contribution < 1.29 is 14.1 Å². The van der Waals surface area contributed by atoms with E-state index in [-0.39, 0.29) is 11.6 Å². The lowest BCUT2D eigenvalue weighted by molar-refractivity contribution is -0.384. The van der Waals surface area contributed by atoms with Crippen LogP contribution in [0.1, 0.15) is 16.1 Å². The first-order valence-electron chi connectivity index (χ1n) is 8.39. The molecule has 4 aromatic rings. The lowest BCUT2D eigenvalue weighted by Crippen LogP contribution is -2.17. The molecule has 2 aromatic heterocycles. The summed E-state index contributed by atoms with van der Waals surface area (Å²) < 4.78 is 7.90.